The quantitative estimate of drug-likeness (QED) is 0.936. The van der Waals surface area contributed by atoms with Gasteiger partial charge in [-0.3, -0.25) is 9.59 Å². The topological polar surface area (TPSA) is 62.4 Å². The van der Waals surface area contributed by atoms with Crippen molar-refractivity contribution in [1.82, 2.24) is 9.88 Å². The molecule has 1 unspecified atom stereocenters. The maximum atomic E-state index is 12.5. The van der Waals surface area contributed by atoms with Gasteiger partial charge in [0.2, 0.25) is 0 Å². The van der Waals surface area contributed by atoms with Gasteiger partial charge in [0.05, 0.1) is 12.7 Å². The lowest BCUT2D eigenvalue weighted by molar-refractivity contribution is -0.0208. The van der Waals surface area contributed by atoms with Gasteiger partial charge in [0.1, 0.15) is 5.56 Å². The Bertz CT molecular complexity index is 759. The van der Waals surface area contributed by atoms with Gasteiger partial charge in [-0.05, 0) is 23.8 Å². The second-order valence-corrected chi connectivity index (χ2v) is 5.86. The van der Waals surface area contributed by atoms with E-state index in [4.69, 9.17) is 16.3 Å². The number of halogens is 1. The minimum absolute atomic E-state index is 0.129. The van der Waals surface area contributed by atoms with E-state index >= 15 is 0 Å². The largest absolute Gasteiger partial charge is 0.374 e. The Morgan fingerprint density at radius 2 is 2.13 bits per heavy atom. The van der Waals surface area contributed by atoms with Crippen molar-refractivity contribution in [3.63, 3.8) is 0 Å². The highest BCUT2D eigenvalue weighted by atomic mass is 35.5. The molecule has 1 atom stereocenters. The van der Waals surface area contributed by atoms with E-state index < -0.39 is 0 Å². The number of morpholine rings is 1. The van der Waals surface area contributed by atoms with Crippen molar-refractivity contribution < 1.29 is 9.53 Å². The Morgan fingerprint density at radius 1 is 1.30 bits per heavy atom. The number of amides is 1. The van der Waals surface area contributed by atoms with Crippen LogP contribution in [0.1, 0.15) is 15.9 Å². The van der Waals surface area contributed by atoms with Gasteiger partial charge >= 0.3 is 0 Å². The lowest BCUT2D eigenvalue weighted by Crippen LogP contribution is -2.47. The fourth-order valence-electron chi connectivity index (χ4n) is 2.70. The molecule has 1 amide bonds. The van der Waals surface area contributed by atoms with Crippen molar-refractivity contribution >= 4 is 17.5 Å². The predicted molar refractivity (Wildman–Crippen MR) is 87.9 cm³/mol. The summed E-state index contributed by atoms with van der Waals surface area (Å²) in [5, 5.41) is 0.694. The lowest BCUT2D eigenvalue weighted by atomic mass is 10.1. The SMILES string of the molecule is O=C(c1ccc[nH]c1=O)N1CCOC(Cc2ccccc2Cl)C1. The summed E-state index contributed by atoms with van der Waals surface area (Å²) in [7, 11) is 0. The summed E-state index contributed by atoms with van der Waals surface area (Å²) in [5.41, 5.74) is 0.781. The number of benzene rings is 1. The van der Waals surface area contributed by atoms with E-state index in [0.29, 0.717) is 31.1 Å². The summed E-state index contributed by atoms with van der Waals surface area (Å²) < 4.78 is 5.74. The maximum Gasteiger partial charge on any atom is 0.260 e. The van der Waals surface area contributed by atoms with Crippen LogP contribution in [0, 0.1) is 0 Å². The van der Waals surface area contributed by atoms with Gasteiger partial charge in [-0.15, -0.1) is 0 Å². The fourth-order valence-corrected chi connectivity index (χ4v) is 2.91. The molecule has 5 nitrogen and oxygen atoms in total. The zero-order chi connectivity index (χ0) is 16.2. The number of aromatic nitrogens is 1. The van der Waals surface area contributed by atoms with E-state index in [9.17, 15) is 9.59 Å². The highest BCUT2D eigenvalue weighted by Crippen LogP contribution is 2.19. The van der Waals surface area contributed by atoms with Gasteiger partial charge in [0, 0.05) is 30.7 Å². The first kappa shape index (κ1) is 15.8. The number of rotatable bonds is 3. The second kappa shape index (κ2) is 6.98. The van der Waals surface area contributed by atoms with E-state index in [1.54, 1.807) is 17.0 Å². The van der Waals surface area contributed by atoms with E-state index in [-0.39, 0.29) is 23.1 Å². The van der Waals surface area contributed by atoms with Gasteiger partial charge in [-0.1, -0.05) is 29.8 Å². The number of pyridine rings is 1. The van der Waals surface area contributed by atoms with Gasteiger partial charge in [0.25, 0.3) is 11.5 Å². The number of H-pyrrole nitrogens is 1. The summed E-state index contributed by atoms with van der Waals surface area (Å²) in [5.74, 6) is -0.265. The van der Waals surface area contributed by atoms with Crippen LogP contribution in [0.15, 0.2) is 47.4 Å². The molecule has 1 aliphatic rings. The molecular formula is C17H17ClN2O3. The summed E-state index contributed by atoms with van der Waals surface area (Å²) in [6, 6.07) is 10.8. The van der Waals surface area contributed by atoms with E-state index in [1.807, 2.05) is 24.3 Å². The Balaban J connectivity index is 1.71. The van der Waals surface area contributed by atoms with Crippen LogP contribution in [0.5, 0.6) is 0 Å². The highest BCUT2D eigenvalue weighted by molar-refractivity contribution is 6.31. The smallest absolute Gasteiger partial charge is 0.260 e. The van der Waals surface area contributed by atoms with Crippen molar-refractivity contribution in [3.05, 3.63) is 69.1 Å². The van der Waals surface area contributed by atoms with E-state index in [0.717, 1.165) is 5.56 Å². The number of carbonyl (C=O) groups excluding carboxylic acids is 1. The minimum Gasteiger partial charge on any atom is -0.374 e. The lowest BCUT2D eigenvalue weighted by Gasteiger charge is -2.33. The van der Waals surface area contributed by atoms with Crippen LogP contribution in [-0.4, -0.2) is 41.6 Å². The summed E-state index contributed by atoms with van der Waals surface area (Å²) in [4.78, 5) is 28.5. The Labute approximate surface area is 138 Å². The molecule has 0 bridgehead atoms. The van der Waals surface area contributed by atoms with E-state index in [2.05, 4.69) is 4.98 Å². The molecule has 0 aliphatic carbocycles. The molecular weight excluding hydrogens is 316 g/mol. The molecule has 0 spiro atoms. The third-order valence-electron chi connectivity index (χ3n) is 3.88. The molecule has 120 valence electrons. The van der Waals surface area contributed by atoms with Crippen molar-refractivity contribution in [2.24, 2.45) is 0 Å². The van der Waals surface area contributed by atoms with Crippen LogP contribution < -0.4 is 5.56 Å². The molecule has 3 rings (SSSR count). The molecule has 1 N–H and O–H groups in total. The normalized spacial score (nSPS) is 18.0. The molecule has 2 aromatic rings. The Hall–Kier alpha value is -2.11. The molecule has 1 saturated heterocycles. The van der Waals surface area contributed by atoms with Crippen LogP contribution in [0.25, 0.3) is 0 Å². The number of carbonyl (C=O) groups is 1. The average molecular weight is 333 g/mol. The van der Waals surface area contributed by atoms with Gasteiger partial charge in [-0.2, -0.15) is 0 Å². The third-order valence-corrected chi connectivity index (χ3v) is 4.25. The number of nitrogens with zero attached hydrogens (tertiary/aromatic N) is 1. The van der Waals surface area contributed by atoms with Gasteiger partial charge in [-0.25, -0.2) is 0 Å². The van der Waals surface area contributed by atoms with Crippen LogP contribution in [0.4, 0.5) is 0 Å². The Morgan fingerprint density at radius 3 is 2.91 bits per heavy atom. The van der Waals surface area contributed by atoms with Crippen LogP contribution >= 0.6 is 11.6 Å². The molecule has 6 heteroatoms. The molecule has 1 aromatic carbocycles. The molecule has 1 fully saturated rings. The molecule has 1 aromatic heterocycles. The molecule has 2 heterocycles. The fraction of sp³-hybridized carbons (Fsp3) is 0.294. The van der Waals surface area contributed by atoms with Crippen molar-refractivity contribution in [1.29, 1.82) is 0 Å². The molecule has 0 radical (unpaired) electrons. The second-order valence-electron chi connectivity index (χ2n) is 5.45. The summed E-state index contributed by atoms with van der Waals surface area (Å²) in [6.07, 6.45) is 2.02. The zero-order valence-electron chi connectivity index (χ0n) is 12.5. The van der Waals surface area contributed by atoms with Crippen molar-refractivity contribution in [2.45, 2.75) is 12.5 Å². The molecule has 0 saturated carbocycles. The van der Waals surface area contributed by atoms with Crippen molar-refractivity contribution in [3.8, 4) is 0 Å². The first-order valence-electron chi connectivity index (χ1n) is 7.47. The number of nitrogens with one attached hydrogen (secondary N) is 1. The molecule has 1 aliphatic heterocycles. The monoisotopic (exact) mass is 332 g/mol. The van der Waals surface area contributed by atoms with E-state index in [1.165, 1.54) is 6.20 Å². The van der Waals surface area contributed by atoms with Crippen LogP contribution in [0.3, 0.4) is 0 Å². The number of ether oxygens (including phenoxy) is 1. The number of hydrogen-bond donors (Lipinski definition) is 1. The zero-order valence-corrected chi connectivity index (χ0v) is 13.3. The van der Waals surface area contributed by atoms with Gasteiger partial charge < -0.3 is 14.6 Å². The highest BCUT2D eigenvalue weighted by Gasteiger charge is 2.26. The van der Waals surface area contributed by atoms with Crippen LogP contribution in [-0.2, 0) is 11.2 Å². The predicted octanol–water partition coefficient (Wildman–Crippen LogP) is 2.11. The maximum absolute atomic E-state index is 12.5. The summed E-state index contributed by atoms with van der Waals surface area (Å²) in [6.45, 7) is 1.37. The minimum atomic E-state index is -0.369. The first-order chi connectivity index (χ1) is 11.1. The number of hydrogen-bond acceptors (Lipinski definition) is 3. The third kappa shape index (κ3) is 3.63. The molecule has 23 heavy (non-hydrogen) atoms. The van der Waals surface area contributed by atoms with Gasteiger partial charge in [0.15, 0.2) is 0 Å². The Kier molecular flexibility index (Phi) is 4.79. The standard InChI is InChI=1S/C17H17ClN2O3/c18-15-6-2-1-4-12(15)10-13-11-20(8-9-23-13)17(22)14-5-3-7-19-16(14)21/h1-7,13H,8-11H2,(H,19,21). The average Bonchev–Trinajstić information content (AvgIpc) is 2.57. The number of aromatic amines is 1. The van der Waals surface area contributed by atoms with Crippen molar-refractivity contribution in [2.75, 3.05) is 19.7 Å². The first-order valence-corrected chi connectivity index (χ1v) is 7.85. The van der Waals surface area contributed by atoms with Crippen LogP contribution in [0.2, 0.25) is 5.02 Å². The summed E-state index contributed by atoms with van der Waals surface area (Å²) >= 11 is 6.18.